The third-order valence-corrected chi connectivity index (χ3v) is 1.90. The first-order valence-corrected chi connectivity index (χ1v) is 4.31. The number of amidine groups is 1. The van der Waals surface area contributed by atoms with Gasteiger partial charge >= 0.3 is 0 Å². The minimum atomic E-state index is -0.611. The summed E-state index contributed by atoms with van der Waals surface area (Å²) in [5.41, 5.74) is 5.25. The molecule has 72 valence electrons. The number of nitrogens with zero attached hydrogens (tertiary/aromatic N) is 1. The van der Waals surface area contributed by atoms with Crippen molar-refractivity contribution < 1.29 is 9.59 Å². The van der Waals surface area contributed by atoms with E-state index in [-0.39, 0.29) is 24.2 Å². The maximum absolute atomic E-state index is 11.3. The highest BCUT2D eigenvalue weighted by molar-refractivity contribution is 6.16. The lowest BCUT2D eigenvalue weighted by Gasteiger charge is -2.18. The summed E-state index contributed by atoms with van der Waals surface area (Å²) in [4.78, 5) is 26.2. The van der Waals surface area contributed by atoms with E-state index in [1.165, 1.54) is 0 Å². The fourth-order valence-electron chi connectivity index (χ4n) is 1.22. The fraction of sp³-hybridized carbons (Fsp3) is 0.625. The molecule has 0 aliphatic carbocycles. The Balaban J connectivity index is 2.76. The van der Waals surface area contributed by atoms with Gasteiger partial charge in [-0.25, -0.2) is 0 Å². The van der Waals surface area contributed by atoms with Crippen LogP contribution in [0, 0.1) is 5.92 Å². The predicted molar refractivity (Wildman–Crippen MR) is 48.0 cm³/mol. The second-order valence-corrected chi connectivity index (χ2v) is 2.93. The first kappa shape index (κ1) is 9.85. The molecule has 0 bridgehead atoms. The molecule has 5 nitrogen and oxygen atoms in total. The van der Waals surface area contributed by atoms with Crippen LogP contribution in [0.3, 0.4) is 0 Å². The summed E-state index contributed by atoms with van der Waals surface area (Å²) in [6.45, 7) is 2.01. The second-order valence-electron chi connectivity index (χ2n) is 2.93. The van der Waals surface area contributed by atoms with Crippen molar-refractivity contribution >= 4 is 17.6 Å². The standard InChI is InChI=1S/C8H13N3O2/c1-2-3-5-7(12)10-6(4-9)11-8(5)13/h5H,2-4,9H2,1H3,(H,10,11,12,13). The van der Waals surface area contributed by atoms with Gasteiger partial charge in [-0.3, -0.25) is 9.59 Å². The Hall–Kier alpha value is -1.23. The summed E-state index contributed by atoms with van der Waals surface area (Å²) >= 11 is 0. The zero-order valence-electron chi connectivity index (χ0n) is 7.54. The SMILES string of the molecule is CCCC1C(=O)N=C(CN)NC1=O. The molecular weight excluding hydrogens is 170 g/mol. The van der Waals surface area contributed by atoms with Crippen molar-refractivity contribution in [2.45, 2.75) is 19.8 Å². The molecule has 1 atom stereocenters. The number of aliphatic imine (C=N–C) groups is 1. The molecule has 13 heavy (non-hydrogen) atoms. The number of nitrogens with one attached hydrogen (secondary N) is 1. The summed E-state index contributed by atoms with van der Waals surface area (Å²) in [6.07, 6.45) is 1.34. The van der Waals surface area contributed by atoms with E-state index in [1.807, 2.05) is 6.92 Å². The lowest BCUT2D eigenvalue weighted by atomic mass is 10.0. The Morgan fingerprint density at radius 3 is 2.69 bits per heavy atom. The molecule has 0 saturated carbocycles. The van der Waals surface area contributed by atoms with Gasteiger partial charge in [0.25, 0.3) is 5.91 Å². The number of amides is 2. The molecule has 0 aromatic heterocycles. The van der Waals surface area contributed by atoms with Gasteiger partial charge in [-0.2, -0.15) is 4.99 Å². The van der Waals surface area contributed by atoms with E-state index >= 15 is 0 Å². The average Bonchev–Trinajstić information content (AvgIpc) is 2.11. The van der Waals surface area contributed by atoms with Gasteiger partial charge in [-0.05, 0) is 6.42 Å². The van der Waals surface area contributed by atoms with Crippen LogP contribution in [-0.2, 0) is 9.59 Å². The highest BCUT2D eigenvalue weighted by Crippen LogP contribution is 2.11. The predicted octanol–water partition coefficient (Wildman–Crippen LogP) is -0.584. The lowest BCUT2D eigenvalue weighted by molar-refractivity contribution is -0.133. The molecule has 0 fully saturated rings. The summed E-state index contributed by atoms with van der Waals surface area (Å²) in [5.74, 6) is -0.990. The maximum atomic E-state index is 11.3. The molecule has 5 heteroatoms. The van der Waals surface area contributed by atoms with E-state index < -0.39 is 5.92 Å². The molecule has 0 aromatic carbocycles. The summed E-state index contributed by atoms with van der Waals surface area (Å²) in [6, 6.07) is 0. The molecule has 1 aliphatic heterocycles. The monoisotopic (exact) mass is 183 g/mol. The van der Waals surface area contributed by atoms with Crippen molar-refractivity contribution in [3.8, 4) is 0 Å². The first-order chi connectivity index (χ1) is 6.19. The van der Waals surface area contributed by atoms with Crippen LogP contribution in [0.1, 0.15) is 19.8 Å². The summed E-state index contributed by atoms with van der Waals surface area (Å²) < 4.78 is 0. The number of carbonyl (C=O) groups excluding carboxylic acids is 2. The highest BCUT2D eigenvalue weighted by atomic mass is 16.2. The molecule has 0 aromatic rings. The van der Waals surface area contributed by atoms with Gasteiger partial charge in [0, 0.05) is 0 Å². The van der Waals surface area contributed by atoms with Crippen molar-refractivity contribution in [1.82, 2.24) is 5.32 Å². The van der Waals surface area contributed by atoms with Crippen molar-refractivity contribution in [2.75, 3.05) is 6.54 Å². The molecule has 1 unspecified atom stereocenters. The second kappa shape index (κ2) is 4.13. The van der Waals surface area contributed by atoms with Crippen LogP contribution in [-0.4, -0.2) is 24.2 Å². The molecule has 1 rings (SSSR count). The Labute approximate surface area is 76.4 Å². The van der Waals surface area contributed by atoms with E-state index in [0.717, 1.165) is 6.42 Å². The van der Waals surface area contributed by atoms with Gasteiger partial charge in [-0.15, -0.1) is 0 Å². The quantitative estimate of drug-likeness (QED) is 0.574. The molecule has 0 saturated heterocycles. The molecule has 0 spiro atoms. The number of nitrogens with two attached hydrogens (primary N) is 1. The maximum Gasteiger partial charge on any atom is 0.259 e. The smallest absolute Gasteiger partial charge is 0.259 e. The number of hydrogen-bond donors (Lipinski definition) is 2. The first-order valence-electron chi connectivity index (χ1n) is 4.31. The third-order valence-electron chi connectivity index (χ3n) is 1.90. The number of carbonyl (C=O) groups is 2. The summed E-state index contributed by atoms with van der Waals surface area (Å²) in [7, 11) is 0. The van der Waals surface area contributed by atoms with E-state index in [9.17, 15) is 9.59 Å². The Morgan fingerprint density at radius 1 is 1.54 bits per heavy atom. The van der Waals surface area contributed by atoms with Gasteiger partial charge < -0.3 is 11.1 Å². The Kier molecular flexibility index (Phi) is 3.13. The van der Waals surface area contributed by atoms with Crippen LogP contribution in [0.2, 0.25) is 0 Å². The zero-order valence-corrected chi connectivity index (χ0v) is 7.54. The normalized spacial score (nSPS) is 22.6. The van der Waals surface area contributed by atoms with Crippen LogP contribution in [0.5, 0.6) is 0 Å². The van der Waals surface area contributed by atoms with Gasteiger partial charge in [-0.1, -0.05) is 13.3 Å². The molecule has 1 heterocycles. The molecule has 0 radical (unpaired) electrons. The molecule has 3 N–H and O–H groups in total. The van der Waals surface area contributed by atoms with Crippen molar-refractivity contribution in [3.63, 3.8) is 0 Å². The Morgan fingerprint density at radius 2 is 2.23 bits per heavy atom. The lowest BCUT2D eigenvalue weighted by Crippen LogP contribution is -2.46. The Bertz CT molecular complexity index is 260. The largest absolute Gasteiger partial charge is 0.324 e. The van der Waals surface area contributed by atoms with E-state index in [1.54, 1.807) is 0 Å². The van der Waals surface area contributed by atoms with Gasteiger partial charge in [0.05, 0.1) is 6.54 Å². The molecular formula is C8H13N3O2. The van der Waals surface area contributed by atoms with E-state index in [2.05, 4.69) is 10.3 Å². The minimum absolute atomic E-state index is 0.0936. The number of rotatable bonds is 3. The minimum Gasteiger partial charge on any atom is -0.324 e. The van der Waals surface area contributed by atoms with Crippen LogP contribution in [0.4, 0.5) is 0 Å². The van der Waals surface area contributed by atoms with Gasteiger partial charge in [0.1, 0.15) is 11.8 Å². The fourth-order valence-corrected chi connectivity index (χ4v) is 1.22. The molecule has 2 amide bonds. The van der Waals surface area contributed by atoms with E-state index in [0.29, 0.717) is 6.42 Å². The van der Waals surface area contributed by atoms with Crippen molar-refractivity contribution in [1.29, 1.82) is 0 Å². The van der Waals surface area contributed by atoms with E-state index in [4.69, 9.17) is 5.73 Å². The van der Waals surface area contributed by atoms with Crippen LogP contribution >= 0.6 is 0 Å². The summed E-state index contributed by atoms with van der Waals surface area (Å²) in [5, 5.41) is 2.50. The van der Waals surface area contributed by atoms with Crippen molar-refractivity contribution in [3.05, 3.63) is 0 Å². The number of hydrogen-bond acceptors (Lipinski definition) is 3. The third kappa shape index (κ3) is 2.12. The van der Waals surface area contributed by atoms with Gasteiger partial charge in [0.15, 0.2) is 0 Å². The van der Waals surface area contributed by atoms with Crippen LogP contribution < -0.4 is 11.1 Å². The highest BCUT2D eigenvalue weighted by Gasteiger charge is 2.30. The average molecular weight is 183 g/mol. The van der Waals surface area contributed by atoms with Crippen molar-refractivity contribution in [2.24, 2.45) is 16.6 Å². The van der Waals surface area contributed by atoms with Crippen LogP contribution in [0.25, 0.3) is 0 Å². The topological polar surface area (TPSA) is 84.6 Å². The van der Waals surface area contributed by atoms with Gasteiger partial charge in [0.2, 0.25) is 5.91 Å². The van der Waals surface area contributed by atoms with Crippen LogP contribution in [0.15, 0.2) is 4.99 Å². The zero-order chi connectivity index (χ0) is 9.84. The molecule has 1 aliphatic rings.